The fourth-order valence-electron chi connectivity index (χ4n) is 1.22. The van der Waals surface area contributed by atoms with E-state index in [0.717, 1.165) is 5.56 Å². The zero-order valence-electron chi connectivity index (χ0n) is 9.31. The van der Waals surface area contributed by atoms with E-state index in [1.165, 1.54) is 0 Å². The Morgan fingerprint density at radius 2 is 1.94 bits per heavy atom. The van der Waals surface area contributed by atoms with Crippen LogP contribution in [0.4, 0.5) is 0 Å². The van der Waals surface area contributed by atoms with Gasteiger partial charge in [-0.15, -0.1) is 0 Å². The largest absolute Gasteiger partial charge is 0.508 e. The Bertz CT molecular complexity index is 318. The first-order valence-corrected chi connectivity index (χ1v) is 5.15. The van der Waals surface area contributed by atoms with Crippen LogP contribution in [0.25, 0.3) is 0 Å². The van der Waals surface area contributed by atoms with Gasteiger partial charge in [0.1, 0.15) is 12.4 Å². The van der Waals surface area contributed by atoms with Gasteiger partial charge in [-0.3, -0.25) is 4.79 Å². The number of carbonyl (C=O) groups is 1. The van der Waals surface area contributed by atoms with E-state index in [1.807, 2.05) is 0 Å². The molecule has 0 saturated carbocycles. The van der Waals surface area contributed by atoms with Gasteiger partial charge in [0.25, 0.3) is 0 Å². The van der Waals surface area contributed by atoms with Gasteiger partial charge in [-0.05, 0) is 24.1 Å². The summed E-state index contributed by atoms with van der Waals surface area (Å²) in [7, 11) is 1.56. The molecule has 1 rings (SSSR count). The molecular weight excluding hydrogens is 208 g/mol. The molecule has 0 heterocycles. The van der Waals surface area contributed by atoms with Crippen molar-refractivity contribution in [2.75, 3.05) is 20.3 Å². The number of benzene rings is 1. The molecule has 0 aliphatic carbocycles. The molecule has 0 spiro atoms. The number of hydrogen-bond donors (Lipinski definition) is 1. The number of ether oxygens (including phenoxy) is 2. The molecule has 0 fully saturated rings. The maximum absolute atomic E-state index is 11.2. The second-order valence-corrected chi connectivity index (χ2v) is 3.38. The molecule has 0 aliphatic heterocycles. The highest BCUT2D eigenvalue weighted by Crippen LogP contribution is 2.11. The lowest BCUT2D eigenvalue weighted by atomic mass is 10.1. The quantitative estimate of drug-likeness (QED) is 0.588. The first kappa shape index (κ1) is 12.5. The smallest absolute Gasteiger partial charge is 0.306 e. The highest BCUT2D eigenvalue weighted by Gasteiger charge is 2.03. The summed E-state index contributed by atoms with van der Waals surface area (Å²) in [5, 5.41) is 9.07. The van der Waals surface area contributed by atoms with Gasteiger partial charge in [0.05, 0.1) is 6.61 Å². The molecule has 88 valence electrons. The van der Waals surface area contributed by atoms with Gasteiger partial charge in [-0.25, -0.2) is 0 Å². The van der Waals surface area contributed by atoms with E-state index in [4.69, 9.17) is 14.6 Å². The van der Waals surface area contributed by atoms with E-state index in [2.05, 4.69) is 0 Å². The van der Waals surface area contributed by atoms with E-state index in [1.54, 1.807) is 31.4 Å². The monoisotopic (exact) mass is 224 g/mol. The average Bonchev–Trinajstić information content (AvgIpc) is 2.29. The molecule has 0 saturated heterocycles. The Kier molecular flexibility index (Phi) is 5.36. The standard InChI is InChI=1S/C12H16O4/c1-15-8-9-16-12(14)7-4-10-2-5-11(13)6-3-10/h2-3,5-6,13H,4,7-9H2,1H3. The normalized spacial score (nSPS) is 10.1. The molecule has 0 aromatic heterocycles. The van der Waals surface area contributed by atoms with Gasteiger partial charge in [-0.2, -0.15) is 0 Å². The maximum atomic E-state index is 11.2. The minimum atomic E-state index is -0.231. The second kappa shape index (κ2) is 6.85. The Balaban J connectivity index is 2.23. The zero-order valence-corrected chi connectivity index (χ0v) is 9.31. The number of phenols is 1. The summed E-state index contributed by atoms with van der Waals surface area (Å²) >= 11 is 0. The minimum absolute atomic E-state index is 0.228. The van der Waals surface area contributed by atoms with Crippen molar-refractivity contribution >= 4 is 5.97 Å². The molecule has 0 radical (unpaired) electrons. The van der Waals surface area contributed by atoms with Crippen molar-refractivity contribution in [2.45, 2.75) is 12.8 Å². The number of esters is 1. The van der Waals surface area contributed by atoms with Gasteiger partial charge in [0.2, 0.25) is 0 Å². The predicted molar refractivity (Wildman–Crippen MR) is 59.3 cm³/mol. The van der Waals surface area contributed by atoms with E-state index in [9.17, 15) is 4.79 Å². The minimum Gasteiger partial charge on any atom is -0.508 e. The molecule has 16 heavy (non-hydrogen) atoms. The molecule has 4 heteroatoms. The van der Waals surface area contributed by atoms with Crippen molar-refractivity contribution in [3.8, 4) is 5.75 Å². The molecule has 0 aliphatic rings. The highest BCUT2D eigenvalue weighted by atomic mass is 16.6. The van der Waals surface area contributed by atoms with Crippen LogP contribution in [0.5, 0.6) is 5.75 Å². The van der Waals surface area contributed by atoms with Crippen LogP contribution in [0.3, 0.4) is 0 Å². The SMILES string of the molecule is COCCOC(=O)CCc1ccc(O)cc1. The number of hydrogen-bond acceptors (Lipinski definition) is 4. The number of rotatable bonds is 6. The molecule has 1 aromatic rings. The van der Waals surface area contributed by atoms with Crippen LogP contribution in [-0.4, -0.2) is 31.4 Å². The maximum Gasteiger partial charge on any atom is 0.306 e. The van der Waals surface area contributed by atoms with Crippen molar-refractivity contribution in [1.82, 2.24) is 0 Å². The molecule has 0 amide bonds. The summed E-state index contributed by atoms with van der Waals surface area (Å²) in [5.41, 5.74) is 1.00. The number of carbonyl (C=O) groups excluding carboxylic acids is 1. The summed E-state index contributed by atoms with van der Waals surface area (Å²) in [6.45, 7) is 0.718. The second-order valence-electron chi connectivity index (χ2n) is 3.38. The molecular formula is C12H16O4. The topological polar surface area (TPSA) is 55.8 Å². The summed E-state index contributed by atoms with van der Waals surface area (Å²) < 4.78 is 9.68. The lowest BCUT2D eigenvalue weighted by molar-refractivity contribution is -0.144. The van der Waals surface area contributed by atoms with Crippen LogP contribution in [-0.2, 0) is 20.7 Å². The van der Waals surface area contributed by atoms with Crippen LogP contribution in [0.1, 0.15) is 12.0 Å². The lowest BCUT2D eigenvalue weighted by Gasteiger charge is -2.04. The van der Waals surface area contributed by atoms with Crippen molar-refractivity contribution in [1.29, 1.82) is 0 Å². The van der Waals surface area contributed by atoms with Crippen LogP contribution in [0.2, 0.25) is 0 Å². The van der Waals surface area contributed by atoms with Gasteiger partial charge in [0.15, 0.2) is 0 Å². The van der Waals surface area contributed by atoms with Crippen LogP contribution >= 0.6 is 0 Å². The van der Waals surface area contributed by atoms with Crippen molar-refractivity contribution in [2.24, 2.45) is 0 Å². The third-order valence-electron chi connectivity index (χ3n) is 2.10. The summed E-state index contributed by atoms with van der Waals surface area (Å²) in [5.74, 6) is -0.00320. The first-order chi connectivity index (χ1) is 7.72. The summed E-state index contributed by atoms with van der Waals surface area (Å²) in [4.78, 5) is 11.2. The summed E-state index contributed by atoms with van der Waals surface area (Å²) in [6.07, 6.45) is 0.959. The van der Waals surface area contributed by atoms with Crippen LogP contribution in [0.15, 0.2) is 24.3 Å². The van der Waals surface area contributed by atoms with E-state index >= 15 is 0 Å². The lowest BCUT2D eigenvalue weighted by Crippen LogP contribution is -2.10. The first-order valence-electron chi connectivity index (χ1n) is 5.15. The Morgan fingerprint density at radius 1 is 1.25 bits per heavy atom. The van der Waals surface area contributed by atoms with Crippen LogP contribution in [0, 0.1) is 0 Å². The van der Waals surface area contributed by atoms with Crippen molar-refractivity contribution in [3.63, 3.8) is 0 Å². The zero-order chi connectivity index (χ0) is 11.8. The Labute approximate surface area is 94.8 Å². The third kappa shape index (κ3) is 4.79. The summed E-state index contributed by atoms with van der Waals surface area (Å²) in [6, 6.07) is 6.78. The van der Waals surface area contributed by atoms with Gasteiger partial charge in [0, 0.05) is 13.5 Å². The number of aromatic hydroxyl groups is 1. The molecule has 0 atom stereocenters. The number of aryl methyl sites for hydroxylation is 1. The van der Waals surface area contributed by atoms with Gasteiger partial charge < -0.3 is 14.6 Å². The third-order valence-corrected chi connectivity index (χ3v) is 2.10. The van der Waals surface area contributed by atoms with Crippen molar-refractivity contribution in [3.05, 3.63) is 29.8 Å². The van der Waals surface area contributed by atoms with Crippen molar-refractivity contribution < 1.29 is 19.4 Å². The van der Waals surface area contributed by atoms with E-state index in [-0.39, 0.29) is 11.7 Å². The Morgan fingerprint density at radius 3 is 2.56 bits per heavy atom. The molecule has 4 nitrogen and oxygen atoms in total. The average molecular weight is 224 g/mol. The molecule has 1 aromatic carbocycles. The van der Waals surface area contributed by atoms with E-state index in [0.29, 0.717) is 26.1 Å². The number of methoxy groups -OCH3 is 1. The van der Waals surface area contributed by atoms with Gasteiger partial charge in [-0.1, -0.05) is 12.1 Å². The number of phenolic OH excluding ortho intramolecular Hbond substituents is 1. The molecule has 0 unspecified atom stereocenters. The predicted octanol–water partition coefficient (Wildman–Crippen LogP) is 1.51. The molecule has 1 N–H and O–H groups in total. The van der Waals surface area contributed by atoms with E-state index < -0.39 is 0 Å². The highest BCUT2D eigenvalue weighted by molar-refractivity contribution is 5.69. The molecule has 0 bridgehead atoms. The van der Waals surface area contributed by atoms with Crippen LogP contribution < -0.4 is 0 Å². The Hall–Kier alpha value is -1.55. The fourth-order valence-corrected chi connectivity index (χ4v) is 1.22. The van der Waals surface area contributed by atoms with Gasteiger partial charge >= 0.3 is 5.97 Å². The fraction of sp³-hybridized carbons (Fsp3) is 0.417.